The van der Waals surface area contributed by atoms with Crippen molar-refractivity contribution in [3.05, 3.63) is 11.6 Å². The maximum atomic E-state index is 5.57. The van der Waals surface area contributed by atoms with Gasteiger partial charge in [0.2, 0.25) is 5.95 Å². The van der Waals surface area contributed by atoms with Crippen molar-refractivity contribution in [2.75, 3.05) is 5.73 Å². The number of aryl methyl sites for hydroxylation is 1. The molecule has 2 N–H and O–H groups in total. The molecule has 4 heteroatoms. The van der Waals surface area contributed by atoms with Crippen molar-refractivity contribution in [3.8, 4) is 0 Å². The largest absolute Gasteiger partial charge is 0.368 e. The summed E-state index contributed by atoms with van der Waals surface area (Å²) in [4.78, 5) is 12.5. The number of nitrogens with zero attached hydrogens (tertiary/aromatic N) is 3. The molecule has 1 aromatic heterocycles. The van der Waals surface area contributed by atoms with Gasteiger partial charge in [0.15, 0.2) is 0 Å². The lowest BCUT2D eigenvalue weighted by molar-refractivity contribution is 0.663. The van der Waals surface area contributed by atoms with Crippen LogP contribution in [0.3, 0.4) is 0 Å². The SMILES string of the molecule is CCc1nc(N)nc(C(C)CC)n1. The van der Waals surface area contributed by atoms with Crippen LogP contribution in [0.1, 0.15) is 44.8 Å². The second-order valence-electron chi connectivity index (χ2n) is 3.13. The van der Waals surface area contributed by atoms with Crippen LogP contribution in [0, 0.1) is 0 Å². The molecule has 1 rings (SSSR count). The molecule has 0 aliphatic carbocycles. The lowest BCUT2D eigenvalue weighted by Crippen LogP contribution is -2.08. The Balaban J connectivity index is 3.01. The van der Waals surface area contributed by atoms with E-state index in [2.05, 4.69) is 28.8 Å². The highest BCUT2D eigenvalue weighted by Crippen LogP contribution is 2.14. The Bertz CT molecular complexity index is 285. The molecule has 0 aromatic carbocycles. The molecule has 1 unspecified atom stereocenters. The number of rotatable bonds is 3. The third-order valence-electron chi connectivity index (χ3n) is 2.09. The molecule has 0 spiro atoms. The Kier molecular flexibility index (Phi) is 3.17. The summed E-state index contributed by atoms with van der Waals surface area (Å²) in [6.45, 7) is 6.21. The van der Waals surface area contributed by atoms with Crippen LogP contribution in [-0.4, -0.2) is 15.0 Å². The molecule has 1 aromatic rings. The van der Waals surface area contributed by atoms with E-state index in [9.17, 15) is 0 Å². The second kappa shape index (κ2) is 4.16. The van der Waals surface area contributed by atoms with Crippen molar-refractivity contribution in [3.63, 3.8) is 0 Å². The minimum absolute atomic E-state index is 0.335. The van der Waals surface area contributed by atoms with E-state index < -0.39 is 0 Å². The van der Waals surface area contributed by atoms with E-state index in [1.807, 2.05) is 6.92 Å². The second-order valence-corrected chi connectivity index (χ2v) is 3.13. The summed E-state index contributed by atoms with van der Waals surface area (Å²) in [6, 6.07) is 0. The highest BCUT2D eigenvalue weighted by molar-refractivity contribution is 5.17. The standard InChI is InChI=1S/C9H16N4/c1-4-6(3)8-11-7(5-2)12-9(10)13-8/h6H,4-5H2,1-3H3,(H2,10,11,12,13). The van der Waals surface area contributed by atoms with Gasteiger partial charge in [0.05, 0.1) is 0 Å². The molecule has 0 bridgehead atoms. The van der Waals surface area contributed by atoms with Gasteiger partial charge in [-0.3, -0.25) is 0 Å². The quantitative estimate of drug-likeness (QED) is 0.766. The molecule has 0 aliphatic heterocycles. The van der Waals surface area contributed by atoms with Gasteiger partial charge in [0.1, 0.15) is 11.6 Å². The van der Waals surface area contributed by atoms with Crippen LogP contribution < -0.4 is 5.73 Å². The van der Waals surface area contributed by atoms with Gasteiger partial charge in [-0.2, -0.15) is 9.97 Å². The predicted octanol–water partition coefficient (Wildman–Crippen LogP) is 1.53. The monoisotopic (exact) mass is 180 g/mol. The maximum absolute atomic E-state index is 5.57. The van der Waals surface area contributed by atoms with Gasteiger partial charge < -0.3 is 5.73 Å². The van der Waals surface area contributed by atoms with Crippen LogP contribution in [0.2, 0.25) is 0 Å². The summed E-state index contributed by atoms with van der Waals surface area (Å²) in [5, 5.41) is 0. The van der Waals surface area contributed by atoms with Crippen LogP contribution in [0.15, 0.2) is 0 Å². The minimum Gasteiger partial charge on any atom is -0.368 e. The molecule has 4 nitrogen and oxygen atoms in total. The molecular formula is C9H16N4. The number of nitrogens with two attached hydrogens (primary N) is 1. The van der Waals surface area contributed by atoms with Crippen molar-refractivity contribution >= 4 is 5.95 Å². The van der Waals surface area contributed by atoms with E-state index in [4.69, 9.17) is 5.73 Å². The Morgan fingerprint density at radius 3 is 2.46 bits per heavy atom. The average molecular weight is 180 g/mol. The maximum Gasteiger partial charge on any atom is 0.223 e. The van der Waals surface area contributed by atoms with Crippen molar-refractivity contribution in [1.29, 1.82) is 0 Å². The van der Waals surface area contributed by atoms with Gasteiger partial charge in [0.25, 0.3) is 0 Å². The van der Waals surface area contributed by atoms with Gasteiger partial charge in [-0.15, -0.1) is 0 Å². The molecule has 0 aliphatic rings. The van der Waals surface area contributed by atoms with Crippen molar-refractivity contribution in [2.24, 2.45) is 0 Å². The van der Waals surface area contributed by atoms with E-state index in [0.29, 0.717) is 11.9 Å². The zero-order chi connectivity index (χ0) is 9.84. The third kappa shape index (κ3) is 2.37. The molecule has 13 heavy (non-hydrogen) atoms. The summed E-state index contributed by atoms with van der Waals surface area (Å²) in [7, 11) is 0. The first-order valence-electron chi connectivity index (χ1n) is 4.67. The summed E-state index contributed by atoms with van der Waals surface area (Å²) in [5.74, 6) is 2.28. The first-order valence-corrected chi connectivity index (χ1v) is 4.67. The van der Waals surface area contributed by atoms with Gasteiger partial charge in [-0.05, 0) is 6.42 Å². The van der Waals surface area contributed by atoms with E-state index in [1.165, 1.54) is 0 Å². The van der Waals surface area contributed by atoms with Crippen LogP contribution in [0.25, 0.3) is 0 Å². The molecule has 72 valence electrons. The van der Waals surface area contributed by atoms with Crippen molar-refractivity contribution in [2.45, 2.75) is 39.5 Å². The Hall–Kier alpha value is -1.19. The average Bonchev–Trinajstić information content (AvgIpc) is 2.15. The number of anilines is 1. The number of nitrogen functional groups attached to an aromatic ring is 1. The van der Waals surface area contributed by atoms with Crippen molar-refractivity contribution < 1.29 is 0 Å². The molecule has 0 fully saturated rings. The third-order valence-corrected chi connectivity index (χ3v) is 2.09. The molecule has 1 heterocycles. The molecule has 0 saturated carbocycles. The summed E-state index contributed by atoms with van der Waals surface area (Å²) >= 11 is 0. The summed E-state index contributed by atoms with van der Waals surface area (Å²) < 4.78 is 0. The highest BCUT2D eigenvalue weighted by atomic mass is 15.1. The first-order chi connectivity index (χ1) is 6.17. The first kappa shape index (κ1) is 9.89. The molecule has 0 radical (unpaired) electrons. The fourth-order valence-electron chi connectivity index (χ4n) is 1.02. The zero-order valence-corrected chi connectivity index (χ0v) is 8.41. The Labute approximate surface area is 78.6 Å². The van der Waals surface area contributed by atoms with Gasteiger partial charge in [0, 0.05) is 12.3 Å². The Morgan fingerprint density at radius 2 is 1.92 bits per heavy atom. The fourth-order valence-corrected chi connectivity index (χ4v) is 1.02. The molecule has 0 saturated heterocycles. The van der Waals surface area contributed by atoms with Crippen LogP contribution in [0.4, 0.5) is 5.95 Å². The van der Waals surface area contributed by atoms with Gasteiger partial charge in [-0.25, -0.2) is 4.98 Å². The molecule has 1 atom stereocenters. The van der Waals surface area contributed by atoms with Gasteiger partial charge in [-0.1, -0.05) is 20.8 Å². The van der Waals surface area contributed by atoms with E-state index in [1.54, 1.807) is 0 Å². The van der Waals surface area contributed by atoms with Crippen molar-refractivity contribution in [1.82, 2.24) is 15.0 Å². The lowest BCUT2D eigenvalue weighted by Gasteiger charge is -2.08. The Morgan fingerprint density at radius 1 is 1.23 bits per heavy atom. The number of hydrogen-bond acceptors (Lipinski definition) is 4. The van der Waals surface area contributed by atoms with E-state index >= 15 is 0 Å². The zero-order valence-electron chi connectivity index (χ0n) is 8.41. The van der Waals surface area contributed by atoms with Crippen LogP contribution in [0.5, 0.6) is 0 Å². The number of hydrogen-bond donors (Lipinski definition) is 1. The van der Waals surface area contributed by atoms with Crippen LogP contribution >= 0.6 is 0 Å². The van der Waals surface area contributed by atoms with Gasteiger partial charge >= 0.3 is 0 Å². The fraction of sp³-hybridized carbons (Fsp3) is 0.667. The highest BCUT2D eigenvalue weighted by Gasteiger charge is 2.08. The normalized spacial score (nSPS) is 12.8. The molecular weight excluding hydrogens is 164 g/mol. The minimum atomic E-state index is 0.335. The molecule has 0 amide bonds. The van der Waals surface area contributed by atoms with E-state index in [0.717, 1.165) is 24.5 Å². The lowest BCUT2D eigenvalue weighted by atomic mass is 10.1. The van der Waals surface area contributed by atoms with E-state index in [-0.39, 0.29) is 0 Å². The smallest absolute Gasteiger partial charge is 0.223 e. The topological polar surface area (TPSA) is 64.7 Å². The number of aromatic nitrogens is 3. The van der Waals surface area contributed by atoms with Crippen LogP contribution in [-0.2, 0) is 6.42 Å². The summed E-state index contributed by atoms with van der Waals surface area (Å²) in [5.41, 5.74) is 5.57. The predicted molar refractivity (Wildman–Crippen MR) is 52.3 cm³/mol. The summed E-state index contributed by atoms with van der Waals surface area (Å²) in [6.07, 6.45) is 1.82.